The zero-order chi connectivity index (χ0) is 20.7. The van der Waals surface area contributed by atoms with Gasteiger partial charge < -0.3 is 20.7 Å². The molecule has 2 aromatic rings. The molecule has 3 N–H and O–H groups in total. The minimum Gasteiger partial charge on any atom is -0.433 e. The van der Waals surface area contributed by atoms with Crippen LogP contribution in [0.15, 0.2) is 36.4 Å². The molecule has 0 aromatic heterocycles. The molecule has 0 heterocycles. The van der Waals surface area contributed by atoms with E-state index in [9.17, 15) is 18.4 Å². The lowest BCUT2D eigenvalue weighted by Crippen LogP contribution is -2.36. The number of rotatable bonds is 8. The van der Waals surface area contributed by atoms with Gasteiger partial charge in [-0.1, -0.05) is 29.3 Å². The smallest absolute Gasteiger partial charge is 0.387 e. The normalized spacial score (nSPS) is 10.5. The lowest BCUT2D eigenvalue weighted by molar-refractivity contribution is -0.122. The van der Waals surface area contributed by atoms with E-state index in [0.717, 1.165) is 5.56 Å². The molecule has 0 radical (unpaired) electrons. The minimum absolute atomic E-state index is 0.0259. The topological polar surface area (TPSA) is 79.5 Å². The molecule has 2 amide bonds. The first-order chi connectivity index (χ1) is 13.3. The van der Waals surface area contributed by atoms with E-state index in [2.05, 4.69) is 20.7 Å². The molecule has 2 rings (SSSR count). The molecule has 0 aliphatic carbocycles. The second kappa shape index (κ2) is 10.1. The minimum atomic E-state index is -2.98. The van der Waals surface area contributed by atoms with Gasteiger partial charge in [0, 0.05) is 16.4 Å². The number of hydrogen-bond donors (Lipinski definition) is 3. The van der Waals surface area contributed by atoms with Gasteiger partial charge in [-0.25, -0.2) is 0 Å². The van der Waals surface area contributed by atoms with Crippen LogP contribution in [0.1, 0.15) is 5.56 Å². The fourth-order valence-corrected chi connectivity index (χ4v) is 2.56. The van der Waals surface area contributed by atoms with Gasteiger partial charge in [0.2, 0.25) is 11.8 Å². The monoisotopic (exact) mass is 431 g/mol. The van der Waals surface area contributed by atoms with E-state index < -0.39 is 18.4 Å². The molecule has 0 saturated heterocycles. The Kier molecular flexibility index (Phi) is 7.83. The molecule has 2 aromatic carbocycles. The second-order valence-electron chi connectivity index (χ2n) is 5.61. The largest absolute Gasteiger partial charge is 0.433 e. The van der Waals surface area contributed by atoms with Crippen molar-refractivity contribution in [3.05, 3.63) is 52.0 Å². The van der Waals surface area contributed by atoms with Gasteiger partial charge in [0.1, 0.15) is 5.75 Å². The van der Waals surface area contributed by atoms with E-state index in [1.807, 2.05) is 0 Å². The third-order valence-electron chi connectivity index (χ3n) is 3.59. The van der Waals surface area contributed by atoms with Crippen molar-refractivity contribution in [2.45, 2.75) is 13.5 Å². The van der Waals surface area contributed by atoms with Crippen LogP contribution in [-0.4, -0.2) is 31.5 Å². The zero-order valence-corrected chi connectivity index (χ0v) is 16.2. The van der Waals surface area contributed by atoms with Crippen molar-refractivity contribution in [2.24, 2.45) is 0 Å². The summed E-state index contributed by atoms with van der Waals surface area (Å²) < 4.78 is 28.6. The number of amides is 2. The van der Waals surface area contributed by atoms with Crippen LogP contribution in [0, 0.1) is 6.92 Å². The molecule has 0 fully saturated rings. The Hall–Kier alpha value is -2.58. The highest BCUT2D eigenvalue weighted by Gasteiger charge is 2.11. The Bertz CT molecular complexity index is 866. The van der Waals surface area contributed by atoms with Crippen LogP contribution in [-0.2, 0) is 9.59 Å². The van der Waals surface area contributed by atoms with E-state index in [-0.39, 0.29) is 23.9 Å². The van der Waals surface area contributed by atoms with Crippen LogP contribution in [0.2, 0.25) is 10.0 Å². The van der Waals surface area contributed by atoms with Crippen LogP contribution >= 0.6 is 23.2 Å². The SMILES string of the molecule is Cc1c(Cl)cccc1NC(=O)CNC(=O)CNc1ccc(OC(F)F)c(Cl)c1. The molecule has 0 aliphatic rings. The fourth-order valence-electron chi connectivity index (χ4n) is 2.16. The quantitative estimate of drug-likeness (QED) is 0.588. The molecule has 150 valence electrons. The Morgan fingerprint density at radius 2 is 1.82 bits per heavy atom. The van der Waals surface area contributed by atoms with Gasteiger partial charge in [0.15, 0.2) is 0 Å². The van der Waals surface area contributed by atoms with Crippen molar-refractivity contribution in [3.63, 3.8) is 0 Å². The number of ether oxygens (including phenoxy) is 1. The fraction of sp³-hybridized carbons (Fsp3) is 0.222. The molecule has 0 bridgehead atoms. The first kappa shape index (κ1) is 21.7. The number of alkyl halides is 2. The summed E-state index contributed by atoms with van der Waals surface area (Å²) in [5.41, 5.74) is 1.72. The predicted molar refractivity (Wildman–Crippen MR) is 104 cm³/mol. The Morgan fingerprint density at radius 1 is 1.07 bits per heavy atom. The average Bonchev–Trinajstić information content (AvgIpc) is 2.64. The van der Waals surface area contributed by atoms with Crippen molar-refractivity contribution >= 4 is 46.4 Å². The summed E-state index contributed by atoms with van der Waals surface area (Å²) in [5.74, 6) is -1.02. The number of benzene rings is 2. The van der Waals surface area contributed by atoms with Gasteiger partial charge in [0.25, 0.3) is 0 Å². The number of anilines is 2. The van der Waals surface area contributed by atoms with Gasteiger partial charge in [-0.15, -0.1) is 0 Å². The Morgan fingerprint density at radius 3 is 2.50 bits per heavy atom. The highest BCUT2D eigenvalue weighted by molar-refractivity contribution is 6.32. The molecular weight excluding hydrogens is 415 g/mol. The molecule has 28 heavy (non-hydrogen) atoms. The second-order valence-corrected chi connectivity index (χ2v) is 6.43. The van der Waals surface area contributed by atoms with Crippen LogP contribution in [0.4, 0.5) is 20.2 Å². The van der Waals surface area contributed by atoms with Crippen LogP contribution in [0.3, 0.4) is 0 Å². The molecule has 0 saturated carbocycles. The maximum atomic E-state index is 12.2. The van der Waals surface area contributed by atoms with E-state index in [1.54, 1.807) is 25.1 Å². The molecule has 0 atom stereocenters. The summed E-state index contributed by atoms with van der Waals surface area (Å²) in [7, 11) is 0. The molecule has 0 aliphatic heterocycles. The third kappa shape index (κ3) is 6.54. The predicted octanol–water partition coefficient (Wildman–Crippen LogP) is 4.07. The average molecular weight is 432 g/mol. The first-order valence-corrected chi connectivity index (χ1v) is 8.81. The molecule has 10 heteroatoms. The summed E-state index contributed by atoms with van der Waals surface area (Å²) in [5, 5.41) is 8.38. The molecule has 0 spiro atoms. The van der Waals surface area contributed by atoms with Crippen molar-refractivity contribution < 1.29 is 23.1 Å². The summed E-state index contributed by atoms with van der Waals surface area (Å²) in [6, 6.07) is 9.16. The highest BCUT2D eigenvalue weighted by Crippen LogP contribution is 2.28. The third-order valence-corrected chi connectivity index (χ3v) is 4.29. The standard InChI is InChI=1S/C18H17Cl2F2N3O3/c1-10-12(19)3-2-4-14(10)25-17(27)9-24-16(26)8-23-11-5-6-15(13(20)7-11)28-18(21)22/h2-7,18,23H,8-9H2,1H3,(H,24,26)(H,25,27). The van der Waals surface area contributed by atoms with Crippen molar-refractivity contribution in [1.82, 2.24) is 5.32 Å². The molecule has 6 nitrogen and oxygen atoms in total. The van der Waals surface area contributed by atoms with Crippen molar-refractivity contribution in [2.75, 3.05) is 23.7 Å². The highest BCUT2D eigenvalue weighted by atomic mass is 35.5. The van der Waals surface area contributed by atoms with Crippen LogP contribution in [0.25, 0.3) is 0 Å². The Balaban J connectivity index is 1.79. The number of carbonyl (C=O) groups is 2. The van der Waals surface area contributed by atoms with Crippen LogP contribution < -0.4 is 20.7 Å². The van der Waals surface area contributed by atoms with Gasteiger partial charge in [-0.2, -0.15) is 8.78 Å². The van der Waals surface area contributed by atoms with E-state index in [0.29, 0.717) is 16.4 Å². The number of nitrogens with one attached hydrogen (secondary N) is 3. The lowest BCUT2D eigenvalue weighted by atomic mass is 10.2. The summed E-state index contributed by atoms with van der Waals surface area (Å²) in [4.78, 5) is 23.8. The Labute approximate surface area is 170 Å². The van der Waals surface area contributed by atoms with E-state index >= 15 is 0 Å². The van der Waals surface area contributed by atoms with Gasteiger partial charge >= 0.3 is 6.61 Å². The molecule has 0 unspecified atom stereocenters. The van der Waals surface area contributed by atoms with Crippen molar-refractivity contribution in [3.8, 4) is 5.75 Å². The van der Waals surface area contributed by atoms with Crippen molar-refractivity contribution in [1.29, 1.82) is 0 Å². The van der Waals surface area contributed by atoms with E-state index in [1.165, 1.54) is 18.2 Å². The number of halogens is 4. The summed E-state index contributed by atoms with van der Waals surface area (Å²) in [6.07, 6.45) is 0. The zero-order valence-electron chi connectivity index (χ0n) is 14.7. The maximum absolute atomic E-state index is 12.2. The molecular formula is C18H17Cl2F2N3O3. The first-order valence-electron chi connectivity index (χ1n) is 8.06. The van der Waals surface area contributed by atoms with Gasteiger partial charge in [-0.3, -0.25) is 9.59 Å². The van der Waals surface area contributed by atoms with Gasteiger partial charge in [0.05, 0.1) is 18.1 Å². The number of hydrogen-bond acceptors (Lipinski definition) is 4. The maximum Gasteiger partial charge on any atom is 0.387 e. The van der Waals surface area contributed by atoms with Gasteiger partial charge in [-0.05, 0) is 42.8 Å². The number of carbonyl (C=O) groups excluding carboxylic acids is 2. The lowest BCUT2D eigenvalue weighted by Gasteiger charge is -2.11. The summed E-state index contributed by atoms with van der Waals surface area (Å²) >= 11 is 11.8. The van der Waals surface area contributed by atoms with Crippen LogP contribution in [0.5, 0.6) is 5.75 Å². The summed E-state index contributed by atoms with van der Waals surface area (Å²) in [6.45, 7) is -1.59. The van der Waals surface area contributed by atoms with E-state index in [4.69, 9.17) is 23.2 Å².